The van der Waals surface area contributed by atoms with Gasteiger partial charge in [0, 0.05) is 5.69 Å². The van der Waals surface area contributed by atoms with Crippen molar-refractivity contribution >= 4 is 17.6 Å². The number of amides is 1. The van der Waals surface area contributed by atoms with Crippen LogP contribution in [0.1, 0.15) is 11.1 Å². The van der Waals surface area contributed by atoms with E-state index in [0.717, 1.165) is 11.1 Å². The minimum atomic E-state index is -0.474. The number of anilines is 1. The summed E-state index contributed by atoms with van der Waals surface area (Å²) >= 11 is 0. The minimum absolute atomic E-state index is 0.115. The number of carbonyl (C=O) groups excluding carboxylic acids is 2. The van der Waals surface area contributed by atoms with Gasteiger partial charge in [0.15, 0.2) is 6.61 Å². The van der Waals surface area contributed by atoms with E-state index in [9.17, 15) is 14.0 Å². The summed E-state index contributed by atoms with van der Waals surface area (Å²) in [4.78, 5) is 23.3. The molecule has 0 aliphatic heterocycles. The lowest BCUT2D eigenvalue weighted by Crippen LogP contribution is -2.21. The quantitative estimate of drug-likeness (QED) is 0.864. The molecule has 0 heterocycles. The number of nitrogens with one attached hydrogen (secondary N) is 1. The number of hydrogen-bond acceptors (Lipinski definition) is 3. The second kappa shape index (κ2) is 7.36. The second-order valence-corrected chi connectivity index (χ2v) is 4.88. The summed E-state index contributed by atoms with van der Waals surface area (Å²) in [7, 11) is 0. The molecule has 0 bridgehead atoms. The maximum Gasteiger partial charge on any atom is 0.310 e. The molecular formula is C17H16FNO3. The number of benzene rings is 2. The van der Waals surface area contributed by atoms with Gasteiger partial charge in [0.2, 0.25) is 0 Å². The largest absolute Gasteiger partial charge is 0.455 e. The van der Waals surface area contributed by atoms with E-state index in [1.807, 2.05) is 31.2 Å². The van der Waals surface area contributed by atoms with Crippen molar-refractivity contribution in [2.24, 2.45) is 0 Å². The molecule has 1 N–H and O–H groups in total. The predicted molar refractivity (Wildman–Crippen MR) is 80.9 cm³/mol. The first-order valence-electron chi connectivity index (χ1n) is 6.79. The molecule has 2 aromatic rings. The first-order chi connectivity index (χ1) is 10.5. The summed E-state index contributed by atoms with van der Waals surface area (Å²) in [6, 6.07) is 12.8. The smallest absolute Gasteiger partial charge is 0.310 e. The highest BCUT2D eigenvalue weighted by Crippen LogP contribution is 2.08. The highest BCUT2D eigenvalue weighted by molar-refractivity contribution is 5.92. The van der Waals surface area contributed by atoms with E-state index in [2.05, 4.69) is 5.32 Å². The van der Waals surface area contributed by atoms with Gasteiger partial charge in [-0.15, -0.1) is 0 Å². The van der Waals surface area contributed by atoms with Crippen molar-refractivity contribution in [1.82, 2.24) is 0 Å². The average molecular weight is 301 g/mol. The van der Waals surface area contributed by atoms with Gasteiger partial charge in [-0.2, -0.15) is 0 Å². The Hall–Kier alpha value is -2.69. The normalized spacial score (nSPS) is 10.1. The third-order valence-corrected chi connectivity index (χ3v) is 2.96. The van der Waals surface area contributed by atoms with Crippen LogP contribution < -0.4 is 5.32 Å². The Morgan fingerprint density at radius 3 is 2.32 bits per heavy atom. The molecule has 0 saturated heterocycles. The Labute approximate surface area is 127 Å². The van der Waals surface area contributed by atoms with Gasteiger partial charge in [-0.1, -0.05) is 29.8 Å². The average Bonchev–Trinajstić information content (AvgIpc) is 2.50. The van der Waals surface area contributed by atoms with Crippen molar-refractivity contribution in [2.45, 2.75) is 13.3 Å². The molecule has 0 aromatic heterocycles. The number of ether oxygens (including phenoxy) is 1. The van der Waals surface area contributed by atoms with E-state index in [1.54, 1.807) is 0 Å². The molecule has 0 spiro atoms. The second-order valence-electron chi connectivity index (χ2n) is 4.88. The van der Waals surface area contributed by atoms with E-state index < -0.39 is 11.9 Å². The Kier molecular flexibility index (Phi) is 5.25. The number of rotatable bonds is 5. The van der Waals surface area contributed by atoms with E-state index >= 15 is 0 Å². The molecule has 5 heteroatoms. The van der Waals surface area contributed by atoms with Gasteiger partial charge in [-0.05, 0) is 36.8 Å². The van der Waals surface area contributed by atoms with Gasteiger partial charge >= 0.3 is 5.97 Å². The summed E-state index contributed by atoms with van der Waals surface area (Å²) < 4.78 is 17.6. The fraction of sp³-hybridized carbons (Fsp3) is 0.176. The Bertz CT molecular complexity index is 591. The molecule has 0 aliphatic rings. The van der Waals surface area contributed by atoms with Crippen LogP contribution in [0.3, 0.4) is 0 Å². The Morgan fingerprint density at radius 2 is 1.68 bits per heavy atom. The van der Waals surface area contributed by atoms with Crippen molar-refractivity contribution in [3.8, 4) is 0 Å². The molecule has 114 valence electrons. The highest BCUT2D eigenvalue weighted by atomic mass is 19.1. The lowest BCUT2D eigenvalue weighted by atomic mass is 10.1. The maximum atomic E-state index is 12.7. The number of hydrogen-bond donors (Lipinski definition) is 1. The van der Waals surface area contributed by atoms with Crippen molar-refractivity contribution in [3.63, 3.8) is 0 Å². The van der Waals surface area contributed by atoms with E-state index in [4.69, 9.17) is 4.74 Å². The standard InChI is InChI=1S/C17H16FNO3/c1-12-2-4-13(5-3-12)10-17(21)22-11-16(20)19-15-8-6-14(18)7-9-15/h2-9H,10-11H2,1H3,(H,19,20). The molecule has 0 fully saturated rings. The van der Waals surface area contributed by atoms with Crippen LogP contribution in [0.5, 0.6) is 0 Å². The summed E-state index contributed by atoms with van der Waals surface area (Å²) in [6.07, 6.45) is 0.115. The molecule has 0 unspecified atom stereocenters. The monoisotopic (exact) mass is 301 g/mol. The molecule has 2 rings (SSSR count). The van der Waals surface area contributed by atoms with E-state index in [0.29, 0.717) is 5.69 Å². The first-order valence-corrected chi connectivity index (χ1v) is 6.79. The summed E-state index contributed by atoms with van der Waals surface area (Å²) in [5.74, 6) is -1.33. The topological polar surface area (TPSA) is 55.4 Å². The molecule has 1 amide bonds. The van der Waals surface area contributed by atoms with Gasteiger partial charge in [-0.3, -0.25) is 9.59 Å². The van der Waals surface area contributed by atoms with Crippen LogP contribution in [0.15, 0.2) is 48.5 Å². The minimum Gasteiger partial charge on any atom is -0.455 e. The summed E-state index contributed by atoms with van der Waals surface area (Å²) in [5, 5.41) is 2.51. The zero-order valence-electron chi connectivity index (χ0n) is 12.1. The van der Waals surface area contributed by atoms with E-state index in [1.165, 1.54) is 24.3 Å². The highest BCUT2D eigenvalue weighted by Gasteiger charge is 2.09. The van der Waals surface area contributed by atoms with Gasteiger partial charge < -0.3 is 10.1 Å². The van der Waals surface area contributed by atoms with Crippen LogP contribution in [0, 0.1) is 12.7 Å². The molecule has 0 aliphatic carbocycles. The fourth-order valence-electron chi connectivity index (χ4n) is 1.80. The number of carbonyl (C=O) groups is 2. The molecule has 22 heavy (non-hydrogen) atoms. The third kappa shape index (κ3) is 5.01. The van der Waals surface area contributed by atoms with Gasteiger partial charge in [0.05, 0.1) is 6.42 Å². The number of aryl methyl sites for hydroxylation is 1. The number of halogens is 1. The van der Waals surface area contributed by atoms with Crippen LogP contribution in [-0.4, -0.2) is 18.5 Å². The predicted octanol–water partition coefficient (Wildman–Crippen LogP) is 2.86. The first kappa shape index (κ1) is 15.7. The summed E-state index contributed by atoms with van der Waals surface area (Å²) in [6.45, 7) is 1.59. The van der Waals surface area contributed by atoms with Crippen LogP contribution >= 0.6 is 0 Å². The van der Waals surface area contributed by atoms with Crippen LogP contribution in [0.4, 0.5) is 10.1 Å². The zero-order chi connectivity index (χ0) is 15.9. The lowest BCUT2D eigenvalue weighted by molar-refractivity contribution is -0.146. The van der Waals surface area contributed by atoms with Gasteiger partial charge in [0.1, 0.15) is 5.82 Å². The van der Waals surface area contributed by atoms with Crippen molar-refractivity contribution in [2.75, 3.05) is 11.9 Å². The van der Waals surface area contributed by atoms with Crippen molar-refractivity contribution < 1.29 is 18.7 Å². The third-order valence-electron chi connectivity index (χ3n) is 2.96. The lowest BCUT2D eigenvalue weighted by Gasteiger charge is -2.07. The maximum absolute atomic E-state index is 12.7. The fourth-order valence-corrected chi connectivity index (χ4v) is 1.80. The number of esters is 1. The Morgan fingerprint density at radius 1 is 1.05 bits per heavy atom. The van der Waals surface area contributed by atoms with Gasteiger partial charge in [0.25, 0.3) is 5.91 Å². The zero-order valence-corrected chi connectivity index (χ0v) is 12.1. The molecule has 2 aromatic carbocycles. The Balaban J connectivity index is 1.76. The molecule has 0 radical (unpaired) electrons. The van der Waals surface area contributed by atoms with Crippen LogP contribution in [-0.2, 0) is 20.7 Å². The van der Waals surface area contributed by atoms with Crippen molar-refractivity contribution in [3.05, 3.63) is 65.5 Å². The SMILES string of the molecule is Cc1ccc(CC(=O)OCC(=O)Nc2ccc(F)cc2)cc1. The van der Waals surface area contributed by atoms with E-state index in [-0.39, 0.29) is 18.8 Å². The van der Waals surface area contributed by atoms with Crippen LogP contribution in [0.2, 0.25) is 0 Å². The molecule has 0 saturated carbocycles. The molecule has 0 atom stereocenters. The van der Waals surface area contributed by atoms with Crippen LogP contribution in [0.25, 0.3) is 0 Å². The molecule has 4 nitrogen and oxygen atoms in total. The van der Waals surface area contributed by atoms with Crippen molar-refractivity contribution in [1.29, 1.82) is 0 Å². The summed E-state index contributed by atoms with van der Waals surface area (Å²) in [5.41, 5.74) is 2.38. The van der Waals surface area contributed by atoms with Gasteiger partial charge in [-0.25, -0.2) is 4.39 Å². The molecular weight excluding hydrogens is 285 g/mol.